The largest absolute Gasteiger partial charge is 0.481 e. The van der Waals surface area contributed by atoms with Gasteiger partial charge in [0.05, 0.1) is 17.6 Å². The summed E-state index contributed by atoms with van der Waals surface area (Å²) in [5.41, 5.74) is 4.86. The number of carbonyl (C=O) groups is 5. The lowest BCUT2D eigenvalue weighted by Crippen LogP contribution is -2.40. The van der Waals surface area contributed by atoms with Crippen LogP contribution in [0.3, 0.4) is 0 Å². The number of fused-ring (bicyclic) bond motifs is 1. The minimum atomic E-state index is -4.45. The molecule has 6 atom stereocenters. The number of thioether (sulfide) groups is 1. The number of amides is 4. The van der Waals surface area contributed by atoms with Crippen LogP contribution in [0.15, 0.2) is 97.1 Å². The minimum Gasteiger partial charge on any atom is -0.481 e. The zero-order valence-corrected chi connectivity index (χ0v) is 41.6. The number of carboxylic acid groups (broad SMARTS) is 1. The van der Waals surface area contributed by atoms with Crippen LogP contribution in [-0.2, 0) is 27.1 Å². The fourth-order valence-electron chi connectivity index (χ4n) is 10.2. The number of hydrogen-bond donors (Lipinski definition) is 5. The molecule has 4 amide bonds. The van der Waals surface area contributed by atoms with Crippen molar-refractivity contribution in [3.8, 4) is 11.1 Å². The van der Waals surface area contributed by atoms with E-state index in [0.29, 0.717) is 67.6 Å². The van der Waals surface area contributed by atoms with Gasteiger partial charge < -0.3 is 26.4 Å². The Balaban J connectivity index is 0.866. The van der Waals surface area contributed by atoms with Gasteiger partial charge in [0.2, 0.25) is 11.8 Å². The van der Waals surface area contributed by atoms with E-state index in [1.165, 1.54) is 0 Å². The third kappa shape index (κ3) is 15.2. The Morgan fingerprint density at radius 2 is 1.52 bits per heavy atom. The van der Waals surface area contributed by atoms with E-state index in [2.05, 4.69) is 52.1 Å². The predicted octanol–water partition coefficient (Wildman–Crippen LogP) is 11.0. The number of aliphatic carboxylic acids is 1. The quantitative estimate of drug-likeness (QED) is 0.0264. The van der Waals surface area contributed by atoms with E-state index < -0.39 is 17.7 Å². The van der Waals surface area contributed by atoms with E-state index in [1.807, 2.05) is 54.2 Å². The third-order valence-electron chi connectivity index (χ3n) is 14.2. The second-order valence-electron chi connectivity index (χ2n) is 19.9. The molecule has 3 heterocycles. The first kappa shape index (κ1) is 53.1. The van der Waals surface area contributed by atoms with Crippen molar-refractivity contribution in [2.24, 2.45) is 11.8 Å². The number of urea groups is 1. The molecule has 3 aliphatic heterocycles. The summed E-state index contributed by atoms with van der Waals surface area (Å²) in [5, 5.41) is 21.9. The summed E-state index contributed by atoms with van der Waals surface area (Å²) in [5.74, 6) is 0.263. The summed E-state index contributed by atoms with van der Waals surface area (Å²) >= 11 is 1.89. The molecule has 15 heteroatoms. The topological polar surface area (TPSA) is 157 Å². The van der Waals surface area contributed by atoms with Gasteiger partial charge in [-0.15, -0.1) is 0 Å². The molecule has 3 fully saturated rings. The van der Waals surface area contributed by atoms with Crippen molar-refractivity contribution in [3.63, 3.8) is 0 Å². The van der Waals surface area contributed by atoms with Crippen LogP contribution in [0.4, 0.5) is 18.0 Å². The lowest BCUT2D eigenvalue weighted by Gasteiger charge is -2.44. The molecule has 11 nitrogen and oxygen atoms in total. The van der Waals surface area contributed by atoms with E-state index in [-0.39, 0.29) is 60.1 Å². The number of carboxylic acids is 1. The lowest BCUT2D eigenvalue weighted by molar-refractivity contribution is -0.139. The predicted molar refractivity (Wildman–Crippen MR) is 272 cm³/mol. The molecular weight excluding hydrogens is 928 g/mol. The lowest BCUT2D eigenvalue weighted by atomic mass is 9.82. The van der Waals surface area contributed by atoms with Crippen LogP contribution in [-0.4, -0.2) is 75.8 Å². The van der Waals surface area contributed by atoms with Gasteiger partial charge >= 0.3 is 18.2 Å². The number of rotatable bonds is 24. The highest BCUT2D eigenvalue weighted by atomic mass is 32.2. The van der Waals surface area contributed by atoms with Gasteiger partial charge in [0.25, 0.3) is 0 Å². The number of nitrogens with zero attached hydrogens (tertiary/aromatic N) is 1. The molecule has 71 heavy (non-hydrogen) atoms. The molecule has 3 aliphatic rings. The maximum atomic E-state index is 13.7. The van der Waals surface area contributed by atoms with Crippen LogP contribution in [0.1, 0.15) is 148 Å². The number of unbranched alkanes of at least 4 members (excludes halogenated alkanes) is 3. The van der Waals surface area contributed by atoms with E-state index in [1.54, 1.807) is 30.3 Å². The number of halogens is 3. The Kier molecular flexibility index (Phi) is 18.8. The summed E-state index contributed by atoms with van der Waals surface area (Å²) in [6.07, 6.45) is 4.50. The Morgan fingerprint density at radius 1 is 0.803 bits per heavy atom. The first-order chi connectivity index (χ1) is 34.1. The number of benzene rings is 4. The van der Waals surface area contributed by atoms with E-state index in [9.17, 15) is 42.3 Å². The second kappa shape index (κ2) is 25.1. The van der Waals surface area contributed by atoms with E-state index in [0.717, 1.165) is 97.1 Å². The van der Waals surface area contributed by atoms with Crippen LogP contribution >= 0.6 is 11.8 Å². The van der Waals surface area contributed by atoms with Crippen molar-refractivity contribution < 1.29 is 42.3 Å². The number of nitrogens with one attached hydrogen (secondary N) is 4. The molecule has 0 bridgehead atoms. The van der Waals surface area contributed by atoms with E-state index >= 15 is 0 Å². The normalized spacial score (nSPS) is 20.5. The van der Waals surface area contributed by atoms with Crippen LogP contribution < -0.4 is 21.3 Å². The smallest absolute Gasteiger partial charge is 0.416 e. The molecular formula is C56H68F3N5O6S. The van der Waals surface area contributed by atoms with Crippen molar-refractivity contribution in [3.05, 3.63) is 130 Å². The first-order valence-corrected chi connectivity index (χ1v) is 26.4. The summed E-state index contributed by atoms with van der Waals surface area (Å²) in [6, 6.07) is 28.4. The van der Waals surface area contributed by atoms with Gasteiger partial charge in [0, 0.05) is 66.6 Å². The molecule has 5 N–H and O–H groups in total. The summed E-state index contributed by atoms with van der Waals surface area (Å²) < 4.78 is 40.6. The Morgan fingerprint density at radius 3 is 2.23 bits per heavy atom. The van der Waals surface area contributed by atoms with Crippen molar-refractivity contribution in [2.45, 2.75) is 139 Å². The molecule has 0 radical (unpaired) electrons. The fraction of sp³-hybridized carbons (Fsp3) is 0.482. The molecule has 0 aliphatic carbocycles. The van der Waals surface area contributed by atoms with Crippen molar-refractivity contribution in [2.75, 3.05) is 18.8 Å². The van der Waals surface area contributed by atoms with E-state index in [4.69, 9.17) is 0 Å². The minimum absolute atomic E-state index is 0.0169. The zero-order chi connectivity index (χ0) is 50.5. The van der Waals surface area contributed by atoms with Crippen molar-refractivity contribution in [1.82, 2.24) is 26.2 Å². The molecule has 0 unspecified atom stereocenters. The number of ketones is 1. The van der Waals surface area contributed by atoms with Crippen molar-refractivity contribution in [1.29, 1.82) is 0 Å². The van der Waals surface area contributed by atoms with Gasteiger partial charge in [-0.25, -0.2) is 4.79 Å². The van der Waals surface area contributed by atoms with Crippen LogP contribution in [0.2, 0.25) is 0 Å². The molecule has 380 valence electrons. The summed E-state index contributed by atoms with van der Waals surface area (Å²) in [7, 11) is 0. The number of piperidine rings is 1. The van der Waals surface area contributed by atoms with Gasteiger partial charge in [-0.3, -0.25) is 24.1 Å². The van der Waals surface area contributed by atoms with Gasteiger partial charge in [0.15, 0.2) is 5.78 Å². The van der Waals surface area contributed by atoms with Crippen molar-refractivity contribution >= 4 is 41.4 Å². The number of carbonyl (C=O) groups excluding carboxylic acids is 4. The fourth-order valence-corrected chi connectivity index (χ4v) is 11.8. The summed E-state index contributed by atoms with van der Waals surface area (Å²) in [4.78, 5) is 64.3. The second-order valence-corrected chi connectivity index (χ2v) is 21.2. The summed E-state index contributed by atoms with van der Waals surface area (Å²) in [6.45, 7) is 5.88. The molecule has 4 aromatic carbocycles. The number of alkyl halides is 3. The standard InChI is InChI=1S/C56H68F3N5O6S/c1-36(2)14-27-47(64-30-28-38(32-52(67)68)31-48(64)41-23-25-45(26-24-41)56(57,58)59)40-21-19-39(20-22-40)43-9-8-10-44(33-43)54(69)42-17-15-37(16-18-42)34-61-51(66)12-4-3-7-29-60-50(65)13-6-5-11-49-53-46(35-71-49)62-55(70)63-53/h8-10,15-26,33,36,38,46-49,53H,3-7,11-14,27-32,34-35H2,1-2H3,(H,60,65)(H,61,66)(H,67,68)(H2,62,63,70)/t38-,46+,47-,48+,49+,53+/m1/s1. The Labute approximate surface area is 419 Å². The zero-order valence-electron chi connectivity index (χ0n) is 40.8. The highest BCUT2D eigenvalue weighted by Crippen LogP contribution is 2.44. The molecule has 0 spiro atoms. The third-order valence-corrected chi connectivity index (χ3v) is 15.7. The molecule has 7 rings (SSSR count). The average molecular weight is 996 g/mol. The highest BCUT2D eigenvalue weighted by molar-refractivity contribution is 8.00. The number of likely N-dealkylation sites (tertiary alicyclic amines) is 1. The molecule has 4 aromatic rings. The van der Waals surface area contributed by atoms with Crippen LogP contribution in [0, 0.1) is 11.8 Å². The molecule has 0 saturated carbocycles. The Hall–Kier alpha value is -5.67. The van der Waals surface area contributed by atoms with Crippen LogP contribution in [0.5, 0.6) is 0 Å². The molecule has 0 aromatic heterocycles. The van der Waals surface area contributed by atoms with Gasteiger partial charge in [-0.05, 0) is 116 Å². The SMILES string of the molecule is CC(C)CC[C@H](c1ccc(-c2cccc(C(=O)c3ccc(CNC(=O)CCCCCNC(=O)CCCC[C@@H]4SC[C@@H]5NC(=O)N[C@@H]54)cc3)c2)cc1)N1CC[C@@H](CC(=O)O)C[C@H]1c1ccc(C(F)(F)F)cc1. The average Bonchev–Trinajstić information content (AvgIpc) is 3.92. The Bertz CT molecular complexity index is 2430. The van der Waals surface area contributed by atoms with Gasteiger partial charge in [0.1, 0.15) is 0 Å². The van der Waals surface area contributed by atoms with Gasteiger partial charge in [-0.2, -0.15) is 24.9 Å². The van der Waals surface area contributed by atoms with Gasteiger partial charge in [-0.1, -0.05) is 106 Å². The first-order valence-electron chi connectivity index (χ1n) is 25.3. The van der Waals surface area contributed by atoms with Crippen LogP contribution in [0.25, 0.3) is 11.1 Å². The maximum Gasteiger partial charge on any atom is 0.416 e. The molecule has 3 saturated heterocycles. The monoisotopic (exact) mass is 995 g/mol. The number of hydrogen-bond acceptors (Lipinski definition) is 7. The highest BCUT2D eigenvalue weighted by Gasteiger charge is 2.42. The maximum absolute atomic E-state index is 13.7.